The molecular weight excluding hydrogens is 701 g/mol. The van der Waals surface area contributed by atoms with Gasteiger partial charge in [-0.25, -0.2) is 0 Å². The minimum absolute atomic E-state index is 1.08. The average molecular weight is 739 g/mol. The van der Waals surface area contributed by atoms with Crippen LogP contribution in [0, 0.1) is 0 Å². The maximum atomic E-state index is 2.45. The minimum atomic E-state index is 1.08. The predicted molar refractivity (Wildman–Crippen MR) is 247 cm³/mol. The van der Waals surface area contributed by atoms with E-state index in [1.165, 1.54) is 71.2 Å². The largest absolute Gasteiger partial charge is 0.310 e. The Balaban J connectivity index is 1.24. The second-order valence-corrected chi connectivity index (χ2v) is 14.9. The van der Waals surface area contributed by atoms with Gasteiger partial charge >= 0.3 is 0 Å². The molecule has 2 nitrogen and oxygen atoms in total. The van der Waals surface area contributed by atoms with Gasteiger partial charge in [-0.3, -0.25) is 0 Å². The molecule has 0 spiro atoms. The third-order valence-electron chi connectivity index (χ3n) is 11.5. The molecule has 0 atom stereocenters. The zero-order valence-corrected chi connectivity index (χ0v) is 31.8. The Bertz CT molecular complexity index is 3270. The molecule has 0 saturated carbocycles. The Kier molecular flexibility index (Phi) is 8.19. The summed E-state index contributed by atoms with van der Waals surface area (Å²) in [6.07, 6.45) is 0. The number of nitrogens with zero attached hydrogens (tertiary/aromatic N) is 2. The van der Waals surface area contributed by atoms with Crippen molar-refractivity contribution in [1.82, 2.24) is 4.57 Å². The molecule has 11 rings (SSSR count). The molecule has 1 heterocycles. The molecule has 2 heteroatoms. The summed E-state index contributed by atoms with van der Waals surface area (Å²) in [5.41, 5.74) is 13.9. The monoisotopic (exact) mass is 738 g/mol. The zero-order valence-electron chi connectivity index (χ0n) is 31.8. The predicted octanol–water partition coefficient (Wildman–Crippen LogP) is 15.6. The first kappa shape index (κ1) is 33.6. The second-order valence-electron chi connectivity index (χ2n) is 14.9. The van der Waals surface area contributed by atoms with Crippen LogP contribution in [0.3, 0.4) is 0 Å². The van der Waals surface area contributed by atoms with E-state index in [1.807, 2.05) is 0 Å². The number of fused-ring (bicyclic) bond motifs is 6. The summed E-state index contributed by atoms with van der Waals surface area (Å²) in [5.74, 6) is 0. The first-order valence-corrected chi connectivity index (χ1v) is 19.9. The number of hydrogen-bond donors (Lipinski definition) is 0. The van der Waals surface area contributed by atoms with E-state index in [0.717, 1.165) is 28.3 Å². The lowest BCUT2D eigenvalue weighted by atomic mass is 9.86. The summed E-state index contributed by atoms with van der Waals surface area (Å²) >= 11 is 0. The van der Waals surface area contributed by atoms with Gasteiger partial charge in [0.25, 0.3) is 0 Å². The van der Waals surface area contributed by atoms with Crippen LogP contribution >= 0.6 is 0 Å². The smallest absolute Gasteiger partial charge is 0.0561 e. The number of rotatable bonds is 7. The van der Waals surface area contributed by atoms with Crippen LogP contribution in [-0.4, -0.2) is 4.57 Å². The van der Waals surface area contributed by atoms with Gasteiger partial charge in [-0.15, -0.1) is 0 Å². The Morgan fingerprint density at radius 2 is 0.914 bits per heavy atom. The second kappa shape index (κ2) is 14.1. The van der Waals surface area contributed by atoms with Crippen molar-refractivity contribution in [2.75, 3.05) is 4.90 Å². The van der Waals surface area contributed by atoms with Crippen LogP contribution in [0.25, 0.3) is 82.4 Å². The van der Waals surface area contributed by atoms with Crippen molar-refractivity contribution in [3.63, 3.8) is 0 Å². The molecule has 0 unspecified atom stereocenters. The Hall–Kier alpha value is -7.68. The molecule has 0 aliphatic carbocycles. The van der Waals surface area contributed by atoms with Gasteiger partial charge in [0.15, 0.2) is 0 Å². The van der Waals surface area contributed by atoms with E-state index in [9.17, 15) is 0 Å². The van der Waals surface area contributed by atoms with Gasteiger partial charge in [-0.05, 0) is 110 Å². The van der Waals surface area contributed by atoms with E-state index in [2.05, 4.69) is 240 Å². The van der Waals surface area contributed by atoms with Crippen molar-refractivity contribution >= 4 is 60.4 Å². The Morgan fingerprint density at radius 3 is 1.72 bits per heavy atom. The lowest BCUT2D eigenvalue weighted by Crippen LogP contribution is -2.12. The number of benzene rings is 10. The SMILES string of the molecule is c1ccc(-c2cccc(-c3cccc(N(c4ccccc4)c4ccc5c6ccccc6n(-c6ccccc6)c5c4)c3-c3cc4ccccc4c4ccccc34)c2)cc1. The molecule has 1 aromatic heterocycles. The van der Waals surface area contributed by atoms with Crippen LogP contribution in [-0.2, 0) is 0 Å². The average Bonchev–Trinajstić information content (AvgIpc) is 3.63. The molecule has 272 valence electrons. The van der Waals surface area contributed by atoms with Crippen molar-refractivity contribution in [1.29, 1.82) is 0 Å². The van der Waals surface area contributed by atoms with Gasteiger partial charge in [-0.1, -0.05) is 170 Å². The van der Waals surface area contributed by atoms with Crippen LogP contribution in [0.2, 0.25) is 0 Å². The fourth-order valence-corrected chi connectivity index (χ4v) is 8.97. The molecule has 0 fully saturated rings. The van der Waals surface area contributed by atoms with Gasteiger partial charge < -0.3 is 9.47 Å². The maximum Gasteiger partial charge on any atom is 0.0561 e. The summed E-state index contributed by atoms with van der Waals surface area (Å²) in [6.45, 7) is 0. The van der Waals surface area contributed by atoms with Crippen molar-refractivity contribution in [3.8, 4) is 39.1 Å². The van der Waals surface area contributed by atoms with E-state index < -0.39 is 0 Å². The molecule has 0 bridgehead atoms. The third kappa shape index (κ3) is 5.66. The third-order valence-corrected chi connectivity index (χ3v) is 11.5. The lowest BCUT2D eigenvalue weighted by molar-refractivity contribution is 1.18. The minimum Gasteiger partial charge on any atom is -0.310 e. The van der Waals surface area contributed by atoms with Crippen molar-refractivity contribution < 1.29 is 0 Å². The number of anilines is 3. The first-order valence-electron chi connectivity index (χ1n) is 19.9. The maximum absolute atomic E-state index is 2.45. The molecule has 58 heavy (non-hydrogen) atoms. The first-order chi connectivity index (χ1) is 28.8. The molecule has 0 N–H and O–H groups in total. The standard InChI is InChI=1S/C56H38N2/c1-4-18-39(19-5-1)40-21-16-22-41(36-40)47-31-17-33-54(56(47)52-37-42-20-10-11-27-46(42)48-28-12-13-29-49(48)52)57(43-23-6-2-7-24-43)45-34-35-51-50-30-14-15-32-53(50)58(55(51)38-45)44-25-8-3-9-26-44/h1-38H. The van der Waals surface area contributed by atoms with Crippen LogP contribution in [0.5, 0.6) is 0 Å². The molecule has 0 radical (unpaired) electrons. The highest BCUT2D eigenvalue weighted by Gasteiger charge is 2.24. The van der Waals surface area contributed by atoms with E-state index in [1.54, 1.807) is 0 Å². The summed E-state index contributed by atoms with van der Waals surface area (Å²) in [7, 11) is 0. The van der Waals surface area contributed by atoms with E-state index >= 15 is 0 Å². The van der Waals surface area contributed by atoms with Gasteiger partial charge in [0.05, 0.1) is 16.7 Å². The van der Waals surface area contributed by atoms with Crippen LogP contribution < -0.4 is 4.90 Å². The van der Waals surface area contributed by atoms with Crippen LogP contribution in [0.15, 0.2) is 231 Å². The summed E-state index contributed by atoms with van der Waals surface area (Å²) < 4.78 is 2.40. The van der Waals surface area contributed by atoms with Gasteiger partial charge in [0.2, 0.25) is 0 Å². The van der Waals surface area contributed by atoms with Crippen LogP contribution in [0.1, 0.15) is 0 Å². The topological polar surface area (TPSA) is 8.17 Å². The van der Waals surface area contributed by atoms with Gasteiger partial charge in [0.1, 0.15) is 0 Å². The van der Waals surface area contributed by atoms with Gasteiger partial charge in [0, 0.05) is 33.4 Å². The highest BCUT2D eigenvalue weighted by molar-refractivity contribution is 6.17. The summed E-state index contributed by atoms with van der Waals surface area (Å²) in [5, 5.41) is 7.41. The normalized spacial score (nSPS) is 11.4. The zero-order chi connectivity index (χ0) is 38.4. The molecule has 0 aliphatic rings. The van der Waals surface area contributed by atoms with Crippen LogP contribution in [0.4, 0.5) is 17.1 Å². The van der Waals surface area contributed by atoms with Crippen molar-refractivity contribution in [3.05, 3.63) is 231 Å². The van der Waals surface area contributed by atoms with E-state index in [4.69, 9.17) is 0 Å². The van der Waals surface area contributed by atoms with E-state index in [0.29, 0.717) is 0 Å². The van der Waals surface area contributed by atoms with Crippen molar-refractivity contribution in [2.45, 2.75) is 0 Å². The summed E-state index contributed by atoms with van der Waals surface area (Å²) in [6, 6.07) is 83.8. The Morgan fingerprint density at radius 1 is 0.310 bits per heavy atom. The molecule has 0 amide bonds. The molecule has 0 aliphatic heterocycles. The number of aromatic nitrogens is 1. The number of hydrogen-bond acceptors (Lipinski definition) is 1. The Labute approximate surface area is 338 Å². The van der Waals surface area contributed by atoms with Crippen molar-refractivity contribution in [2.24, 2.45) is 0 Å². The summed E-state index contributed by atoms with van der Waals surface area (Å²) in [4.78, 5) is 2.45. The molecule has 10 aromatic carbocycles. The highest BCUT2D eigenvalue weighted by atomic mass is 15.1. The lowest BCUT2D eigenvalue weighted by Gasteiger charge is -2.30. The van der Waals surface area contributed by atoms with E-state index in [-0.39, 0.29) is 0 Å². The quantitative estimate of drug-likeness (QED) is 0.148. The molecular formula is C56H38N2. The molecule has 11 aromatic rings. The van der Waals surface area contributed by atoms with Gasteiger partial charge in [-0.2, -0.15) is 0 Å². The molecule has 0 saturated heterocycles. The number of para-hydroxylation sites is 3. The fourth-order valence-electron chi connectivity index (χ4n) is 8.97. The fraction of sp³-hybridized carbons (Fsp3) is 0. The highest BCUT2D eigenvalue weighted by Crippen LogP contribution is 2.49.